The summed E-state index contributed by atoms with van der Waals surface area (Å²) < 4.78 is 5.78. The zero-order valence-corrected chi connectivity index (χ0v) is 21.5. The molecule has 1 saturated heterocycles. The Morgan fingerprint density at radius 2 is 1.89 bits per heavy atom. The van der Waals surface area contributed by atoms with Gasteiger partial charge in [0.15, 0.2) is 5.82 Å². The van der Waals surface area contributed by atoms with Gasteiger partial charge in [-0.25, -0.2) is 24.7 Å². The van der Waals surface area contributed by atoms with Crippen molar-refractivity contribution in [2.24, 2.45) is 0 Å². The van der Waals surface area contributed by atoms with Crippen LogP contribution in [0, 0.1) is 0 Å². The number of ether oxygens (including phenoxy) is 1. The Balaban J connectivity index is 1.32. The highest BCUT2D eigenvalue weighted by Crippen LogP contribution is 2.30. The van der Waals surface area contributed by atoms with Gasteiger partial charge in [-0.15, -0.1) is 0 Å². The molecule has 3 aromatic heterocycles. The molecule has 0 radical (unpaired) electrons. The van der Waals surface area contributed by atoms with Crippen molar-refractivity contribution in [3.05, 3.63) is 77.2 Å². The molecule has 0 amide bonds. The summed E-state index contributed by atoms with van der Waals surface area (Å²) in [6.07, 6.45) is 5.61. The fourth-order valence-electron chi connectivity index (χ4n) is 5.02. The van der Waals surface area contributed by atoms with Crippen molar-refractivity contribution >= 4 is 34.5 Å². The number of piperidine rings is 1. The quantitative estimate of drug-likeness (QED) is 0.357. The number of esters is 1. The summed E-state index contributed by atoms with van der Waals surface area (Å²) in [6, 6.07) is 15.0. The maximum absolute atomic E-state index is 12.7. The number of benzene rings is 1. The first kappa shape index (κ1) is 24.2. The summed E-state index contributed by atoms with van der Waals surface area (Å²) in [5.74, 6) is 1.64. The van der Waals surface area contributed by atoms with E-state index in [1.165, 1.54) is 12.0 Å². The van der Waals surface area contributed by atoms with Crippen molar-refractivity contribution in [1.82, 2.24) is 25.3 Å². The van der Waals surface area contributed by atoms with Gasteiger partial charge in [0.25, 0.3) is 0 Å². The normalized spacial score (nSPS) is 16.1. The Labute approximate surface area is 221 Å². The van der Waals surface area contributed by atoms with E-state index in [-0.39, 0.29) is 5.97 Å². The molecule has 0 spiro atoms. The van der Waals surface area contributed by atoms with Crippen molar-refractivity contribution in [2.45, 2.75) is 45.3 Å². The van der Waals surface area contributed by atoms with Gasteiger partial charge in [0.1, 0.15) is 17.4 Å². The number of rotatable bonds is 6. The number of nitrogens with one attached hydrogen (secondary N) is 2. The average molecular weight is 510 g/mol. The lowest BCUT2D eigenvalue weighted by molar-refractivity contribution is 0.0329. The molecule has 5 heterocycles. The van der Waals surface area contributed by atoms with Crippen LogP contribution in [0.2, 0.25) is 0 Å². The fourth-order valence-corrected chi connectivity index (χ4v) is 5.02. The van der Waals surface area contributed by atoms with Crippen LogP contribution in [0.3, 0.4) is 0 Å². The van der Waals surface area contributed by atoms with E-state index in [9.17, 15) is 4.79 Å². The molecule has 9 nitrogen and oxygen atoms in total. The van der Waals surface area contributed by atoms with Gasteiger partial charge in [0.05, 0.1) is 11.3 Å². The Morgan fingerprint density at radius 1 is 1.05 bits per heavy atom. The Bertz CT molecular complexity index is 1450. The minimum Gasteiger partial charge on any atom is -0.453 e. The van der Waals surface area contributed by atoms with Crippen LogP contribution in [0.5, 0.6) is 0 Å². The van der Waals surface area contributed by atoms with Gasteiger partial charge < -0.3 is 20.3 Å². The summed E-state index contributed by atoms with van der Waals surface area (Å²) in [5, 5.41) is 7.52. The lowest BCUT2D eigenvalue weighted by Crippen LogP contribution is -2.31. The van der Waals surface area contributed by atoms with Crippen LogP contribution in [0.25, 0.3) is 10.9 Å². The topological polar surface area (TPSA) is 105 Å². The SMILES string of the molecule is C[C@@H](OC(=O)c1ccccc1)c1cc2cnc(Nc3ccc4c(n3)CCNC4)nc2c(N2CCCCC2)n1. The molecule has 2 aliphatic heterocycles. The third-order valence-electron chi connectivity index (χ3n) is 7.10. The molecule has 9 heteroatoms. The second-order valence-corrected chi connectivity index (χ2v) is 9.82. The average Bonchev–Trinajstić information content (AvgIpc) is 2.97. The fraction of sp³-hybridized carbons (Fsp3) is 0.345. The van der Waals surface area contributed by atoms with E-state index >= 15 is 0 Å². The van der Waals surface area contributed by atoms with Gasteiger partial charge in [-0.3, -0.25) is 0 Å². The lowest BCUT2D eigenvalue weighted by atomic mass is 10.1. The highest BCUT2D eigenvalue weighted by atomic mass is 16.5. The van der Waals surface area contributed by atoms with E-state index in [4.69, 9.17) is 19.7 Å². The molecule has 2 N–H and O–H groups in total. The van der Waals surface area contributed by atoms with Crippen molar-refractivity contribution in [2.75, 3.05) is 29.9 Å². The molecule has 0 aliphatic carbocycles. The highest BCUT2D eigenvalue weighted by molar-refractivity contribution is 5.91. The maximum atomic E-state index is 12.7. The predicted molar refractivity (Wildman–Crippen MR) is 147 cm³/mol. The molecule has 0 unspecified atom stereocenters. The predicted octanol–water partition coefficient (Wildman–Crippen LogP) is 4.72. The van der Waals surface area contributed by atoms with Gasteiger partial charge in [-0.1, -0.05) is 24.3 Å². The van der Waals surface area contributed by atoms with Crippen LogP contribution < -0.4 is 15.5 Å². The van der Waals surface area contributed by atoms with E-state index in [1.807, 2.05) is 37.3 Å². The van der Waals surface area contributed by atoms with E-state index in [1.54, 1.807) is 18.3 Å². The first-order valence-corrected chi connectivity index (χ1v) is 13.3. The standard InChI is InChI=1S/C29H31N7O2/c1-19(38-28(37)20-8-4-2-5-9-20)24-16-22-18-31-29(34-25-11-10-21-17-30-13-12-23(21)32-25)35-26(22)27(33-24)36-14-6-3-7-15-36/h2,4-5,8-11,16,18-19,30H,3,6-7,12-15,17H2,1H3,(H,31,32,34,35)/t19-/m1/s1. The van der Waals surface area contributed by atoms with Gasteiger partial charge in [-0.05, 0) is 56.0 Å². The van der Waals surface area contributed by atoms with E-state index < -0.39 is 6.10 Å². The van der Waals surface area contributed by atoms with Crippen LogP contribution in [-0.4, -0.2) is 45.5 Å². The highest BCUT2D eigenvalue weighted by Gasteiger charge is 2.22. The number of anilines is 3. The molecule has 0 saturated carbocycles. The molecule has 194 valence electrons. The third-order valence-corrected chi connectivity index (χ3v) is 7.10. The molecular weight excluding hydrogens is 478 g/mol. The number of nitrogens with zero attached hydrogens (tertiary/aromatic N) is 5. The molecule has 1 atom stereocenters. The number of aromatic nitrogens is 4. The number of hydrogen-bond acceptors (Lipinski definition) is 9. The van der Waals surface area contributed by atoms with E-state index in [2.05, 4.69) is 26.6 Å². The summed E-state index contributed by atoms with van der Waals surface area (Å²) >= 11 is 0. The zero-order valence-electron chi connectivity index (χ0n) is 21.5. The third kappa shape index (κ3) is 5.15. The summed E-state index contributed by atoms with van der Waals surface area (Å²) in [6.45, 7) is 5.46. The number of hydrogen-bond donors (Lipinski definition) is 2. The zero-order chi connectivity index (χ0) is 25.9. The molecule has 2 aliphatic rings. The van der Waals surface area contributed by atoms with Crippen LogP contribution in [-0.2, 0) is 17.7 Å². The van der Waals surface area contributed by atoms with Crippen LogP contribution in [0.15, 0.2) is 54.7 Å². The van der Waals surface area contributed by atoms with E-state index in [0.29, 0.717) is 17.2 Å². The van der Waals surface area contributed by atoms with Crippen molar-refractivity contribution in [3.63, 3.8) is 0 Å². The second kappa shape index (κ2) is 10.7. The number of carbonyl (C=O) groups is 1. The summed E-state index contributed by atoms with van der Waals surface area (Å²) in [5.41, 5.74) is 4.30. The van der Waals surface area contributed by atoms with Crippen LogP contribution in [0.4, 0.5) is 17.6 Å². The van der Waals surface area contributed by atoms with E-state index in [0.717, 1.165) is 73.7 Å². The summed E-state index contributed by atoms with van der Waals surface area (Å²) in [7, 11) is 0. The number of pyridine rings is 2. The van der Waals surface area contributed by atoms with Gasteiger partial charge >= 0.3 is 5.97 Å². The molecule has 38 heavy (non-hydrogen) atoms. The smallest absolute Gasteiger partial charge is 0.338 e. The largest absolute Gasteiger partial charge is 0.453 e. The van der Waals surface area contributed by atoms with Crippen LogP contribution >= 0.6 is 0 Å². The molecule has 0 bridgehead atoms. The molecule has 1 fully saturated rings. The molecular formula is C29H31N7O2. The monoisotopic (exact) mass is 509 g/mol. The lowest BCUT2D eigenvalue weighted by Gasteiger charge is -2.29. The summed E-state index contributed by atoms with van der Waals surface area (Å²) in [4.78, 5) is 34.2. The molecule has 1 aromatic carbocycles. The number of fused-ring (bicyclic) bond motifs is 2. The first-order chi connectivity index (χ1) is 18.6. The minimum absolute atomic E-state index is 0.372. The Morgan fingerprint density at radius 3 is 2.74 bits per heavy atom. The van der Waals surface area contributed by atoms with Crippen molar-refractivity contribution in [3.8, 4) is 0 Å². The van der Waals surface area contributed by atoms with Crippen molar-refractivity contribution in [1.29, 1.82) is 0 Å². The van der Waals surface area contributed by atoms with Crippen LogP contribution in [0.1, 0.15) is 59.6 Å². The Kier molecular flexibility index (Phi) is 6.83. The Hall–Kier alpha value is -4.11. The van der Waals surface area contributed by atoms with Crippen molar-refractivity contribution < 1.29 is 9.53 Å². The first-order valence-electron chi connectivity index (χ1n) is 13.3. The number of carbonyl (C=O) groups excluding carboxylic acids is 1. The molecule has 6 rings (SSSR count). The molecule has 4 aromatic rings. The van der Waals surface area contributed by atoms with Gasteiger partial charge in [0, 0.05) is 49.9 Å². The van der Waals surface area contributed by atoms with Gasteiger partial charge in [-0.2, -0.15) is 0 Å². The van der Waals surface area contributed by atoms with Gasteiger partial charge in [0.2, 0.25) is 5.95 Å². The minimum atomic E-state index is -0.525. The second-order valence-electron chi connectivity index (χ2n) is 9.82. The maximum Gasteiger partial charge on any atom is 0.338 e.